The highest BCUT2D eigenvalue weighted by molar-refractivity contribution is 9.10. The summed E-state index contributed by atoms with van der Waals surface area (Å²) in [4.78, 5) is 9.96. The molecule has 0 bridgehead atoms. The number of sulfone groups is 1. The molecule has 7 heteroatoms. The third-order valence-corrected chi connectivity index (χ3v) is 7.20. The highest BCUT2D eigenvalue weighted by atomic mass is 79.9. The number of fused-ring (bicyclic) bond motifs is 4. The van der Waals surface area contributed by atoms with Crippen molar-refractivity contribution in [3.05, 3.63) is 77.3 Å². The van der Waals surface area contributed by atoms with Crippen LogP contribution in [0.2, 0.25) is 0 Å². The van der Waals surface area contributed by atoms with E-state index in [4.69, 9.17) is 9.97 Å². The molecule has 0 saturated carbocycles. The Bertz CT molecular complexity index is 1480. The molecular weight excluding hydrogens is 450 g/mol. The zero-order valence-corrected chi connectivity index (χ0v) is 17.7. The summed E-state index contributed by atoms with van der Waals surface area (Å²) in [5, 5.41) is 0.949. The second kappa shape index (κ2) is 6.93. The van der Waals surface area contributed by atoms with Gasteiger partial charge in [0.25, 0.3) is 0 Å². The smallest absolute Gasteiger partial charge is 0.180 e. The summed E-state index contributed by atoms with van der Waals surface area (Å²) in [6, 6.07) is 22.2. The van der Waals surface area contributed by atoms with Gasteiger partial charge in [-0.25, -0.2) is 18.4 Å². The highest BCUT2D eigenvalue weighted by Gasteiger charge is 2.19. The molecule has 0 aliphatic rings. The lowest BCUT2D eigenvalue weighted by Crippen LogP contribution is -2.13. The van der Waals surface area contributed by atoms with Crippen LogP contribution in [-0.4, -0.2) is 28.7 Å². The average molecular weight is 466 g/mol. The first kappa shape index (κ1) is 18.3. The Kier molecular flexibility index (Phi) is 4.37. The first-order chi connectivity index (χ1) is 14.0. The number of aromatic nitrogens is 3. The second-order valence-corrected chi connectivity index (χ2v) is 9.85. The monoisotopic (exact) mass is 465 g/mol. The van der Waals surface area contributed by atoms with E-state index in [1.165, 1.54) is 0 Å². The highest BCUT2D eigenvalue weighted by Crippen LogP contribution is 2.30. The van der Waals surface area contributed by atoms with Gasteiger partial charge < -0.3 is 4.57 Å². The van der Waals surface area contributed by atoms with Crippen molar-refractivity contribution in [2.24, 2.45) is 0 Å². The Morgan fingerprint density at radius 2 is 1.55 bits per heavy atom. The summed E-state index contributed by atoms with van der Waals surface area (Å²) in [6.45, 7) is 0.298. The largest absolute Gasteiger partial charge is 0.323 e. The fraction of sp³-hybridized carbons (Fsp3) is 0.0909. The maximum Gasteiger partial charge on any atom is 0.180 e. The fourth-order valence-electron chi connectivity index (χ4n) is 3.59. The number of nitrogens with zero attached hydrogens (tertiary/aromatic N) is 3. The van der Waals surface area contributed by atoms with E-state index in [-0.39, 0.29) is 5.75 Å². The maximum absolute atomic E-state index is 12.8. The number of hydrogen-bond donors (Lipinski definition) is 0. The van der Waals surface area contributed by atoms with Crippen LogP contribution in [0.4, 0.5) is 0 Å². The lowest BCUT2D eigenvalue weighted by molar-refractivity contribution is 0.591. The van der Waals surface area contributed by atoms with Crippen molar-refractivity contribution >= 4 is 58.9 Å². The van der Waals surface area contributed by atoms with E-state index in [9.17, 15) is 8.42 Å². The van der Waals surface area contributed by atoms with E-state index in [2.05, 4.69) is 15.9 Å². The van der Waals surface area contributed by atoms with Crippen molar-refractivity contribution in [2.75, 3.05) is 5.75 Å². The van der Waals surface area contributed by atoms with Gasteiger partial charge in [0.05, 0.1) is 27.2 Å². The number of benzene rings is 3. The second-order valence-electron chi connectivity index (χ2n) is 6.83. The minimum Gasteiger partial charge on any atom is -0.323 e. The van der Waals surface area contributed by atoms with Gasteiger partial charge in [0.2, 0.25) is 0 Å². The molecular formula is C22H16BrN3O2S. The molecule has 0 aliphatic heterocycles. The molecule has 29 heavy (non-hydrogen) atoms. The van der Waals surface area contributed by atoms with Crippen LogP contribution in [0.25, 0.3) is 33.1 Å². The lowest BCUT2D eigenvalue weighted by atomic mass is 10.2. The summed E-state index contributed by atoms with van der Waals surface area (Å²) >= 11 is 3.53. The number of para-hydroxylation sites is 2. The fourth-order valence-corrected chi connectivity index (χ4v) is 5.18. The molecule has 0 radical (unpaired) electrons. The van der Waals surface area contributed by atoms with E-state index < -0.39 is 9.84 Å². The molecule has 0 saturated heterocycles. The third kappa shape index (κ3) is 3.20. The van der Waals surface area contributed by atoms with Crippen molar-refractivity contribution in [3.8, 4) is 0 Å². The third-order valence-electron chi connectivity index (χ3n) is 5.00. The predicted molar refractivity (Wildman–Crippen MR) is 119 cm³/mol. The van der Waals surface area contributed by atoms with E-state index in [1.807, 2.05) is 53.1 Å². The zero-order valence-electron chi connectivity index (χ0n) is 15.3. The molecule has 3 aromatic carbocycles. The van der Waals surface area contributed by atoms with Gasteiger partial charge in [-0.05, 0) is 42.5 Å². The van der Waals surface area contributed by atoms with Gasteiger partial charge in [-0.3, -0.25) is 0 Å². The topological polar surface area (TPSA) is 64.8 Å². The number of hydrogen-bond acceptors (Lipinski definition) is 4. The standard InChI is InChI=1S/C22H16BrN3O2S/c23-15-10-11-20-17(14-15)21-22(25-19-9-5-4-8-18(19)24-21)26(20)12-13-29(27,28)16-6-2-1-3-7-16/h1-11,14H,12-13H2. The molecule has 5 aromatic rings. The molecule has 2 aromatic heterocycles. The Morgan fingerprint density at radius 3 is 2.31 bits per heavy atom. The molecule has 5 rings (SSSR count). The molecule has 0 aliphatic carbocycles. The van der Waals surface area contributed by atoms with Crippen molar-refractivity contribution in [1.82, 2.24) is 14.5 Å². The Hall–Kier alpha value is -2.77. The normalized spacial score (nSPS) is 12.2. The SMILES string of the molecule is O=S(=O)(CCn1c2ccc(Br)cc2c2nc3ccccc3nc21)c1ccccc1. The Morgan fingerprint density at radius 1 is 0.862 bits per heavy atom. The molecule has 0 atom stereocenters. The Labute approximate surface area is 176 Å². The van der Waals surface area contributed by atoms with Crippen molar-refractivity contribution in [3.63, 3.8) is 0 Å². The number of aryl methyl sites for hydroxylation is 1. The van der Waals surface area contributed by atoms with Crippen LogP contribution in [0, 0.1) is 0 Å². The van der Waals surface area contributed by atoms with Crippen molar-refractivity contribution < 1.29 is 8.42 Å². The molecule has 0 spiro atoms. The van der Waals surface area contributed by atoms with Gasteiger partial charge in [-0.2, -0.15) is 0 Å². The molecule has 2 heterocycles. The van der Waals surface area contributed by atoms with Crippen LogP contribution in [0.5, 0.6) is 0 Å². The van der Waals surface area contributed by atoms with Crippen LogP contribution >= 0.6 is 15.9 Å². The molecule has 5 nitrogen and oxygen atoms in total. The maximum atomic E-state index is 12.8. The average Bonchev–Trinajstić information content (AvgIpc) is 3.03. The molecule has 0 amide bonds. The molecule has 0 N–H and O–H groups in total. The zero-order chi connectivity index (χ0) is 20.0. The van der Waals surface area contributed by atoms with Gasteiger partial charge in [-0.15, -0.1) is 0 Å². The number of rotatable bonds is 4. The van der Waals surface area contributed by atoms with E-state index in [1.54, 1.807) is 24.3 Å². The molecule has 0 unspecified atom stereocenters. The first-order valence-electron chi connectivity index (χ1n) is 9.15. The van der Waals surface area contributed by atoms with Crippen molar-refractivity contribution in [1.29, 1.82) is 0 Å². The Balaban J connectivity index is 1.68. The summed E-state index contributed by atoms with van der Waals surface area (Å²) in [7, 11) is -3.40. The van der Waals surface area contributed by atoms with Gasteiger partial charge >= 0.3 is 0 Å². The van der Waals surface area contributed by atoms with Gasteiger partial charge in [-0.1, -0.05) is 46.3 Å². The van der Waals surface area contributed by atoms with Crippen LogP contribution < -0.4 is 0 Å². The van der Waals surface area contributed by atoms with Gasteiger partial charge in [0, 0.05) is 16.4 Å². The van der Waals surface area contributed by atoms with Gasteiger partial charge in [0.15, 0.2) is 15.5 Å². The first-order valence-corrected chi connectivity index (χ1v) is 11.6. The van der Waals surface area contributed by atoms with E-state index >= 15 is 0 Å². The van der Waals surface area contributed by atoms with Crippen LogP contribution in [-0.2, 0) is 16.4 Å². The summed E-state index contributed by atoms with van der Waals surface area (Å²) in [6.07, 6.45) is 0. The summed E-state index contributed by atoms with van der Waals surface area (Å²) in [5.41, 5.74) is 3.99. The minimum atomic E-state index is -3.40. The summed E-state index contributed by atoms with van der Waals surface area (Å²) < 4.78 is 28.5. The van der Waals surface area contributed by atoms with Crippen LogP contribution in [0.1, 0.15) is 0 Å². The predicted octanol–water partition coefficient (Wildman–Crippen LogP) is 4.97. The summed E-state index contributed by atoms with van der Waals surface area (Å²) in [5.74, 6) is -0.0134. The van der Waals surface area contributed by atoms with E-state index in [0.29, 0.717) is 17.1 Å². The van der Waals surface area contributed by atoms with E-state index in [0.717, 1.165) is 31.9 Å². The van der Waals surface area contributed by atoms with Crippen molar-refractivity contribution in [2.45, 2.75) is 11.4 Å². The molecule has 144 valence electrons. The number of halogens is 1. The quantitative estimate of drug-likeness (QED) is 0.375. The van der Waals surface area contributed by atoms with Crippen LogP contribution in [0.3, 0.4) is 0 Å². The van der Waals surface area contributed by atoms with Gasteiger partial charge in [0.1, 0.15) is 5.52 Å². The molecule has 0 fully saturated rings. The van der Waals surface area contributed by atoms with Crippen LogP contribution in [0.15, 0.2) is 82.2 Å². The minimum absolute atomic E-state index is 0.0134. The lowest BCUT2D eigenvalue weighted by Gasteiger charge is -2.08.